The molecule has 0 unspecified atom stereocenters. The van der Waals surface area contributed by atoms with Gasteiger partial charge in [0.25, 0.3) is 0 Å². The zero-order valence-electron chi connectivity index (χ0n) is 10.1. The van der Waals surface area contributed by atoms with Crippen LogP contribution in [0.3, 0.4) is 0 Å². The van der Waals surface area contributed by atoms with E-state index in [0.717, 1.165) is 18.6 Å². The number of hydrogen-bond acceptors (Lipinski definition) is 1. The van der Waals surface area contributed by atoms with E-state index in [4.69, 9.17) is 4.74 Å². The molecule has 0 spiro atoms. The summed E-state index contributed by atoms with van der Waals surface area (Å²) in [6, 6.07) is 2.71. The van der Waals surface area contributed by atoms with Gasteiger partial charge in [0, 0.05) is 6.07 Å². The molecule has 18 heavy (non-hydrogen) atoms. The summed E-state index contributed by atoms with van der Waals surface area (Å²) in [6.07, 6.45) is 3.26. The van der Waals surface area contributed by atoms with Crippen LogP contribution in [0.5, 0.6) is 5.75 Å². The monoisotopic (exact) mass is 286 g/mol. The van der Waals surface area contributed by atoms with Crippen LogP contribution in [-0.2, 0) is 0 Å². The van der Waals surface area contributed by atoms with Gasteiger partial charge in [0.2, 0.25) is 0 Å². The van der Waals surface area contributed by atoms with Gasteiger partial charge in [-0.1, -0.05) is 24.4 Å². The van der Waals surface area contributed by atoms with Crippen molar-refractivity contribution in [3.05, 3.63) is 24.0 Å². The van der Waals surface area contributed by atoms with Crippen molar-refractivity contribution in [1.29, 1.82) is 0 Å². The van der Waals surface area contributed by atoms with Crippen LogP contribution in [0.2, 0.25) is 0 Å². The quantitative estimate of drug-likeness (QED) is 0.549. The number of halogens is 4. The first-order chi connectivity index (χ1) is 7.97. The molecular formula is C11H12BF4KO. The Morgan fingerprint density at radius 3 is 2.39 bits per heavy atom. The predicted molar refractivity (Wildman–Crippen MR) is 57.9 cm³/mol. The number of rotatable bonds is 5. The maximum Gasteiger partial charge on any atom is 1.00 e. The Bertz CT molecular complexity index is 407. The molecule has 1 nitrogen and oxygen atoms in total. The van der Waals surface area contributed by atoms with Gasteiger partial charge in [-0.25, -0.2) is 4.39 Å². The number of benzene rings is 1. The van der Waals surface area contributed by atoms with Crippen LogP contribution in [0.4, 0.5) is 17.3 Å². The molecule has 1 fully saturated rings. The molecule has 0 aliphatic heterocycles. The van der Waals surface area contributed by atoms with Crippen LogP contribution in [0.1, 0.15) is 19.3 Å². The van der Waals surface area contributed by atoms with Gasteiger partial charge in [-0.3, -0.25) is 0 Å². The van der Waals surface area contributed by atoms with Crippen molar-refractivity contribution in [1.82, 2.24) is 0 Å². The Hall–Kier alpha value is 0.441. The van der Waals surface area contributed by atoms with Gasteiger partial charge < -0.3 is 17.7 Å². The second-order valence-electron chi connectivity index (χ2n) is 4.34. The van der Waals surface area contributed by atoms with E-state index >= 15 is 0 Å². The fourth-order valence-electron chi connectivity index (χ4n) is 1.61. The van der Waals surface area contributed by atoms with E-state index in [1.165, 1.54) is 18.9 Å². The van der Waals surface area contributed by atoms with E-state index in [1.54, 1.807) is 0 Å². The molecule has 0 amide bonds. The first-order valence-electron chi connectivity index (χ1n) is 5.59. The second-order valence-corrected chi connectivity index (χ2v) is 4.34. The van der Waals surface area contributed by atoms with E-state index in [1.807, 2.05) is 0 Å². The van der Waals surface area contributed by atoms with E-state index in [9.17, 15) is 17.3 Å². The molecule has 0 bridgehead atoms. The normalized spacial score (nSPS) is 15.1. The average molecular weight is 286 g/mol. The summed E-state index contributed by atoms with van der Waals surface area (Å²) in [4.78, 5) is 0. The van der Waals surface area contributed by atoms with E-state index in [2.05, 4.69) is 0 Å². The van der Waals surface area contributed by atoms with Crippen LogP contribution < -0.4 is 61.6 Å². The molecule has 1 aliphatic carbocycles. The number of ether oxygens (including phenoxy) is 1. The molecular weight excluding hydrogens is 274 g/mol. The van der Waals surface area contributed by atoms with Crippen molar-refractivity contribution in [2.24, 2.45) is 5.92 Å². The molecule has 2 rings (SSSR count). The molecule has 7 heteroatoms. The zero-order valence-corrected chi connectivity index (χ0v) is 13.3. The molecule has 0 aromatic heterocycles. The minimum absolute atomic E-state index is 0. The minimum atomic E-state index is -5.29. The van der Waals surface area contributed by atoms with Crippen molar-refractivity contribution in [3.8, 4) is 5.75 Å². The predicted octanol–water partition coefficient (Wildman–Crippen LogP) is 0.0630. The molecule has 1 aromatic carbocycles. The summed E-state index contributed by atoms with van der Waals surface area (Å²) < 4.78 is 55.3. The smallest absolute Gasteiger partial charge is 0.493 e. The van der Waals surface area contributed by atoms with Crippen molar-refractivity contribution in [3.63, 3.8) is 0 Å². The molecule has 0 radical (unpaired) electrons. The van der Waals surface area contributed by atoms with Gasteiger partial charge >= 0.3 is 58.4 Å². The third-order valence-corrected chi connectivity index (χ3v) is 2.82. The summed E-state index contributed by atoms with van der Waals surface area (Å²) in [5, 5.41) is 0. The Labute approximate surface area is 146 Å². The van der Waals surface area contributed by atoms with Crippen molar-refractivity contribution in [2.75, 3.05) is 6.61 Å². The standard InChI is InChI=1S/C11H12BF4O.K/c13-11-7-9(17-6-5-8-1-2-8)3-4-10(11)12(14,15)16;/h3-4,7-8H,1-2,5-6H2;/q-1;+1. The molecule has 1 aromatic rings. The van der Waals surface area contributed by atoms with Gasteiger partial charge in [0.1, 0.15) is 5.75 Å². The third-order valence-electron chi connectivity index (χ3n) is 2.82. The van der Waals surface area contributed by atoms with Crippen LogP contribution in [-0.4, -0.2) is 13.6 Å². The fourth-order valence-corrected chi connectivity index (χ4v) is 1.61. The van der Waals surface area contributed by atoms with E-state index < -0.39 is 18.3 Å². The van der Waals surface area contributed by atoms with Crippen LogP contribution in [0.25, 0.3) is 0 Å². The van der Waals surface area contributed by atoms with Gasteiger partial charge in [0.05, 0.1) is 12.4 Å². The van der Waals surface area contributed by atoms with Crippen molar-refractivity contribution in [2.45, 2.75) is 19.3 Å². The Balaban J connectivity index is 0.00000162. The van der Waals surface area contributed by atoms with Crippen LogP contribution in [0, 0.1) is 11.7 Å². The second kappa shape index (κ2) is 6.74. The van der Waals surface area contributed by atoms with Crippen LogP contribution in [0.15, 0.2) is 18.2 Å². The summed E-state index contributed by atoms with van der Waals surface area (Å²) in [5.41, 5.74) is -1.19. The SMILES string of the molecule is Fc1cc(OCCC2CC2)ccc1[B-](F)(F)F.[K+]. The van der Waals surface area contributed by atoms with Gasteiger partial charge in [-0.15, -0.1) is 0 Å². The number of hydrogen-bond donors (Lipinski definition) is 0. The minimum Gasteiger partial charge on any atom is -0.493 e. The van der Waals surface area contributed by atoms with Crippen molar-refractivity contribution >= 4 is 12.4 Å². The van der Waals surface area contributed by atoms with Crippen molar-refractivity contribution < 1.29 is 73.5 Å². The third kappa shape index (κ3) is 4.85. The maximum atomic E-state index is 13.2. The molecule has 94 valence electrons. The molecule has 1 aliphatic rings. The topological polar surface area (TPSA) is 9.23 Å². The molecule has 0 atom stereocenters. The Kier molecular flexibility index (Phi) is 6.18. The average Bonchev–Trinajstić information content (AvgIpc) is 2.99. The summed E-state index contributed by atoms with van der Waals surface area (Å²) in [6.45, 7) is -4.86. The van der Waals surface area contributed by atoms with E-state index in [-0.39, 0.29) is 57.1 Å². The van der Waals surface area contributed by atoms with Crippen LogP contribution >= 0.6 is 0 Å². The van der Waals surface area contributed by atoms with Gasteiger partial charge in [-0.2, -0.15) is 0 Å². The molecule has 0 saturated heterocycles. The largest absolute Gasteiger partial charge is 1.00 e. The van der Waals surface area contributed by atoms with Gasteiger partial charge in [0.15, 0.2) is 0 Å². The molecule has 1 saturated carbocycles. The summed E-state index contributed by atoms with van der Waals surface area (Å²) in [5.74, 6) is -0.425. The first kappa shape index (κ1) is 16.5. The summed E-state index contributed by atoms with van der Waals surface area (Å²) in [7, 11) is 0. The van der Waals surface area contributed by atoms with E-state index in [0.29, 0.717) is 12.5 Å². The van der Waals surface area contributed by atoms with Gasteiger partial charge in [-0.05, 0) is 18.4 Å². The molecule has 0 N–H and O–H groups in total. The zero-order chi connectivity index (χ0) is 12.5. The fraction of sp³-hybridized carbons (Fsp3) is 0.455. The summed E-state index contributed by atoms with van der Waals surface area (Å²) >= 11 is 0. The Morgan fingerprint density at radius 1 is 1.22 bits per heavy atom. The molecule has 0 heterocycles. The Morgan fingerprint density at radius 2 is 1.89 bits per heavy atom. The maximum absolute atomic E-state index is 13.2. The first-order valence-corrected chi connectivity index (χ1v) is 5.59.